The monoisotopic (exact) mass is 361 g/mol. The van der Waals surface area contributed by atoms with Crippen LogP contribution in [0.25, 0.3) is 11.0 Å². The summed E-state index contributed by atoms with van der Waals surface area (Å²) in [5.41, 5.74) is 5.76. The minimum absolute atomic E-state index is 0.00627. The zero-order chi connectivity index (χ0) is 18.8. The van der Waals surface area contributed by atoms with Crippen molar-refractivity contribution in [3.63, 3.8) is 0 Å². The van der Waals surface area contributed by atoms with E-state index in [9.17, 15) is 4.79 Å². The van der Waals surface area contributed by atoms with E-state index in [1.54, 1.807) is 19.0 Å². The normalized spacial score (nSPS) is 20.4. The lowest BCUT2D eigenvalue weighted by Crippen LogP contribution is -2.36. The van der Waals surface area contributed by atoms with Crippen molar-refractivity contribution in [2.75, 3.05) is 14.1 Å². The maximum atomic E-state index is 12.8. The minimum atomic E-state index is -0.302. The number of rotatable bonds is 1. The average molecular weight is 361 g/mol. The molecule has 2 aromatic carbocycles. The minimum Gasteiger partial charge on any atom is -0.480 e. The van der Waals surface area contributed by atoms with E-state index in [1.165, 1.54) is 11.1 Å². The van der Waals surface area contributed by atoms with Crippen LogP contribution in [0.15, 0.2) is 30.3 Å². The first kappa shape index (κ1) is 16.4. The van der Waals surface area contributed by atoms with E-state index in [-0.39, 0.29) is 11.5 Å². The number of aromatic amines is 1. The van der Waals surface area contributed by atoms with Gasteiger partial charge in [0.1, 0.15) is 16.9 Å². The first-order valence-electron chi connectivity index (χ1n) is 9.50. The maximum Gasteiger partial charge on any atom is 0.253 e. The molecule has 138 valence electrons. The number of nitrogens with zero attached hydrogens (tertiary/aromatic N) is 2. The van der Waals surface area contributed by atoms with Gasteiger partial charge >= 0.3 is 0 Å². The fourth-order valence-electron chi connectivity index (χ4n) is 4.67. The van der Waals surface area contributed by atoms with Crippen molar-refractivity contribution >= 4 is 16.9 Å². The Morgan fingerprint density at radius 1 is 1.22 bits per heavy atom. The number of aryl methyl sites for hydroxylation is 2. The number of nitrogens with one attached hydrogen (secondary N) is 1. The molecule has 1 aliphatic carbocycles. The summed E-state index contributed by atoms with van der Waals surface area (Å²) in [5.74, 6) is 1.62. The van der Waals surface area contributed by atoms with Gasteiger partial charge in [0.05, 0.1) is 5.52 Å². The van der Waals surface area contributed by atoms with Crippen LogP contribution in [0.5, 0.6) is 5.75 Å². The molecule has 2 heterocycles. The van der Waals surface area contributed by atoms with Crippen LogP contribution in [0.3, 0.4) is 0 Å². The molecule has 27 heavy (non-hydrogen) atoms. The number of H-pyrrole nitrogens is 1. The molecule has 5 heteroatoms. The van der Waals surface area contributed by atoms with Crippen LogP contribution in [-0.2, 0) is 18.4 Å². The first-order chi connectivity index (χ1) is 13.0. The molecule has 1 N–H and O–H groups in total. The van der Waals surface area contributed by atoms with Gasteiger partial charge in [-0.3, -0.25) is 4.79 Å². The van der Waals surface area contributed by atoms with Crippen molar-refractivity contribution in [2.45, 2.75) is 38.2 Å². The highest BCUT2D eigenvalue weighted by Gasteiger charge is 2.44. The van der Waals surface area contributed by atoms with E-state index in [2.05, 4.69) is 34.2 Å². The van der Waals surface area contributed by atoms with Crippen LogP contribution < -0.4 is 4.74 Å². The van der Waals surface area contributed by atoms with Gasteiger partial charge in [-0.25, -0.2) is 4.98 Å². The SMILES string of the molecule is Cc1nc2c3c(c(C(=O)N(C)C)cc2[nH]1)CCC1(CCc2ccccc21)O3. The largest absolute Gasteiger partial charge is 0.480 e. The number of aromatic nitrogens is 2. The number of benzene rings is 2. The quantitative estimate of drug-likeness (QED) is 0.718. The molecule has 1 atom stereocenters. The average Bonchev–Trinajstić information content (AvgIpc) is 3.21. The van der Waals surface area contributed by atoms with E-state index in [1.807, 2.05) is 13.0 Å². The van der Waals surface area contributed by atoms with Crippen molar-refractivity contribution in [2.24, 2.45) is 0 Å². The van der Waals surface area contributed by atoms with Gasteiger partial charge in [0.2, 0.25) is 0 Å². The molecule has 5 nitrogen and oxygen atoms in total. The van der Waals surface area contributed by atoms with Crippen molar-refractivity contribution in [3.05, 3.63) is 58.4 Å². The van der Waals surface area contributed by atoms with Crippen LogP contribution in [0.4, 0.5) is 0 Å². The number of carbonyl (C=O) groups excluding carboxylic acids is 1. The molecule has 0 fully saturated rings. The number of hydrogen-bond acceptors (Lipinski definition) is 3. The second kappa shape index (κ2) is 5.59. The highest BCUT2D eigenvalue weighted by Crippen LogP contribution is 2.50. The van der Waals surface area contributed by atoms with Gasteiger partial charge in [0.15, 0.2) is 5.75 Å². The molecule has 1 spiro atoms. The number of fused-ring (bicyclic) bond motifs is 5. The molecule has 0 bridgehead atoms. The number of ether oxygens (including phenoxy) is 1. The Kier molecular flexibility index (Phi) is 3.39. The van der Waals surface area contributed by atoms with Crippen LogP contribution in [0, 0.1) is 6.92 Å². The van der Waals surface area contributed by atoms with Gasteiger partial charge in [0.25, 0.3) is 5.91 Å². The number of hydrogen-bond donors (Lipinski definition) is 1. The van der Waals surface area contributed by atoms with Gasteiger partial charge in [-0.05, 0) is 49.8 Å². The Balaban J connectivity index is 1.72. The van der Waals surface area contributed by atoms with E-state index in [0.717, 1.165) is 53.9 Å². The molecule has 0 saturated carbocycles. The van der Waals surface area contributed by atoms with Gasteiger partial charge in [-0.2, -0.15) is 0 Å². The maximum absolute atomic E-state index is 12.8. The lowest BCUT2D eigenvalue weighted by atomic mass is 9.84. The van der Waals surface area contributed by atoms with Crippen molar-refractivity contribution in [1.29, 1.82) is 0 Å². The van der Waals surface area contributed by atoms with E-state index in [4.69, 9.17) is 4.74 Å². The van der Waals surface area contributed by atoms with Crippen LogP contribution in [0.1, 0.15) is 45.7 Å². The molecule has 0 saturated heterocycles. The summed E-state index contributed by atoms with van der Waals surface area (Å²) < 4.78 is 6.75. The molecule has 2 aliphatic rings. The van der Waals surface area contributed by atoms with Crippen LogP contribution in [-0.4, -0.2) is 34.9 Å². The number of imidazole rings is 1. The summed E-state index contributed by atoms with van der Waals surface area (Å²) in [6.45, 7) is 1.93. The molecule has 3 aromatic rings. The Hall–Kier alpha value is -2.82. The van der Waals surface area contributed by atoms with Crippen LogP contribution in [0.2, 0.25) is 0 Å². The summed E-state index contributed by atoms with van der Waals surface area (Å²) in [6, 6.07) is 10.5. The third-order valence-corrected chi connectivity index (χ3v) is 5.97. The molecule has 0 radical (unpaired) electrons. The third-order valence-electron chi connectivity index (χ3n) is 5.97. The highest BCUT2D eigenvalue weighted by atomic mass is 16.5. The fourth-order valence-corrected chi connectivity index (χ4v) is 4.67. The van der Waals surface area contributed by atoms with Crippen LogP contribution >= 0.6 is 0 Å². The standard InChI is InChI=1S/C22H23N3O2/c1-13-23-18-12-16(21(26)25(2)3)15-9-11-22(27-20(15)19(18)24-13)10-8-14-6-4-5-7-17(14)22/h4-7,12H,8-11H2,1-3H3,(H,23,24). The zero-order valence-electron chi connectivity index (χ0n) is 15.9. The van der Waals surface area contributed by atoms with E-state index < -0.39 is 0 Å². The highest BCUT2D eigenvalue weighted by molar-refractivity contribution is 6.01. The molecule has 1 aromatic heterocycles. The number of amides is 1. The molecular weight excluding hydrogens is 338 g/mol. The Bertz CT molecular complexity index is 1080. The molecular formula is C22H23N3O2. The summed E-state index contributed by atoms with van der Waals surface area (Å²) in [7, 11) is 3.57. The summed E-state index contributed by atoms with van der Waals surface area (Å²) in [4.78, 5) is 22.4. The summed E-state index contributed by atoms with van der Waals surface area (Å²) >= 11 is 0. The summed E-state index contributed by atoms with van der Waals surface area (Å²) in [5, 5.41) is 0. The number of carbonyl (C=O) groups is 1. The lowest BCUT2D eigenvalue weighted by Gasteiger charge is -2.37. The second-order valence-electron chi connectivity index (χ2n) is 7.90. The second-order valence-corrected chi connectivity index (χ2v) is 7.90. The van der Waals surface area contributed by atoms with E-state index >= 15 is 0 Å². The van der Waals surface area contributed by atoms with Gasteiger partial charge in [-0.15, -0.1) is 0 Å². The first-order valence-corrected chi connectivity index (χ1v) is 9.50. The van der Waals surface area contributed by atoms with Crippen molar-refractivity contribution < 1.29 is 9.53 Å². The fraction of sp³-hybridized carbons (Fsp3) is 0.364. The van der Waals surface area contributed by atoms with Gasteiger partial charge in [0, 0.05) is 25.2 Å². The Labute approximate surface area is 158 Å². The smallest absolute Gasteiger partial charge is 0.253 e. The van der Waals surface area contributed by atoms with Crippen molar-refractivity contribution in [1.82, 2.24) is 14.9 Å². The predicted molar refractivity (Wildman–Crippen MR) is 104 cm³/mol. The topological polar surface area (TPSA) is 58.2 Å². The lowest BCUT2D eigenvalue weighted by molar-refractivity contribution is 0.0456. The zero-order valence-corrected chi connectivity index (χ0v) is 15.9. The molecule has 5 rings (SSSR count). The molecule has 1 unspecified atom stereocenters. The Morgan fingerprint density at radius 3 is 2.81 bits per heavy atom. The molecule has 1 aliphatic heterocycles. The van der Waals surface area contributed by atoms with E-state index in [0.29, 0.717) is 5.56 Å². The predicted octanol–water partition coefficient (Wildman–Crippen LogP) is 3.74. The van der Waals surface area contributed by atoms with Crippen molar-refractivity contribution in [3.8, 4) is 5.75 Å². The Morgan fingerprint density at radius 2 is 2.00 bits per heavy atom. The third kappa shape index (κ3) is 2.30. The molecule has 1 amide bonds. The van der Waals surface area contributed by atoms with Gasteiger partial charge in [-0.1, -0.05) is 24.3 Å². The van der Waals surface area contributed by atoms with Gasteiger partial charge < -0.3 is 14.6 Å². The summed E-state index contributed by atoms with van der Waals surface area (Å²) in [6.07, 6.45) is 3.72.